The highest BCUT2D eigenvalue weighted by atomic mass is 16.6. The molecule has 0 bridgehead atoms. The van der Waals surface area contributed by atoms with E-state index in [0.29, 0.717) is 23.3 Å². The number of hydrogen-bond donors (Lipinski definition) is 2. The third-order valence-corrected chi connectivity index (χ3v) is 4.84. The molecule has 40 heavy (non-hydrogen) atoms. The number of carbonyl (C=O) groups is 2. The summed E-state index contributed by atoms with van der Waals surface area (Å²) in [5.41, 5.74) is 1.75. The summed E-state index contributed by atoms with van der Waals surface area (Å²) in [6.07, 6.45) is 2.39. The van der Waals surface area contributed by atoms with Gasteiger partial charge in [-0.05, 0) is 17.2 Å². The summed E-state index contributed by atoms with van der Waals surface area (Å²) in [5, 5.41) is 51.3. The number of hydrogen-bond acceptors (Lipinski definition) is 12. The van der Waals surface area contributed by atoms with E-state index in [1.165, 1.54) is 18.5 Å². The Bertz CT molecular complexity index is 1440. The van der Waals surface area contributed by atoms with E-state index < -0.39 is 54.3 Å². The van der Waals surface area contributed by atoms with E-state index in [-0.39, 0.29) is 11.1 Å². The summed E-state index contributed by atoms with van der Waals surface area (Å²) in [6, 6.07) is 11.1. The fraction of sp³-hybridized carbons (Fsp3) is 0. The van der Waals surface area contributed by atoms with Gasteiger partial charge in [-0.3, -0.25) is 50.0 Å². The summed E-state index contributed by atoms with van der Waals surface area (Å²) in [5.74, 6) is -1.88. The first kappa shape index (κ1) is 28.1. The van der Waals surface area contributed by atoms with Crippen molar-refractivity contribution in [1.29, 1.82) is 0 Å². The Morgan fingerprint density at radius 1 is 0.575 bits per heavy atom. The molecule has 18 heteroatoms. The number of nitrogens with zero attached hydrogens (tertiary/aromatic N) is 6. The second kappa shape index (κ2) is 12.2. The van der Waals surface area contributed by atoms with Gasteiger partial charge >= 0.3 is 0 Å². The van der Waals surface area contributed by atoms with Gasteiger partial charge in [-0.25, -0.2) is 10.9 Å². The van der Waals surface area contributed by atoms with Crippen molar-refractivity contribution in [2.75, 3.05) is 0 Å². The van der Waals surface area contributed by atoms with Gasteiger partial charge in [0, 0.05) is 24.3 Å². The normalized spacial score (nSPS) is 10.8. The van der Waals surface area contributed by atoms with Gasteiger partial charge in [-0.2, -0.15) is 10.2 Å². The highest BCUT2D eigenvalue weighted by Crippen LogP contribution is 2.23. The summed E-state index contributed by atoms with van der Waals surface area (Å²) in [7, 11) is 0. The molecular formula is C22H14N8O10. The van der Waals surface area contributed by atoms with E-state index in [0.717, 1.165) is 24.3 Å². The molecule has 0 radical (unpaired) electrons. The Morgan fingerprint density at radius 2 is 0.900 bits per heavy atom. The first-order valence-electron chi connectivity index (χ1n) is 10.6. The molecule has 3 rings (SSSR count). The van der Waals surface area contributed by atoms with Crippen LogP contribution in [0.15, 0.2) is 70.9 Å². The largest absolute Gasteiger partial charge is 0.277 e. The maximum absolute atomic E-state index is 12.3. The highest BCUT2D eigenvalue weighted by molar-refractivity contribution is 5.97. The van der Waals surface area contributed by atoms with Gasteiger partial charge < -0.3 is 0 Å². The predicted molar refractivity (Wildman–Crippen MR) is 136 cm³/mol. The molecule has 0 aliphatic heterocycles. The van der Waals surface area contributed by atoms with Crippen LogP contribution in [-0.2, 0) is 0 Å². The molecule has 202 valence electrons. The Hall–Kier alpha value is -6.46. The van der Waals surface area contributed by atoms with E-state index in [9.17, 15) is 50.0 Å². The molecule has 0 aliphatic carbocycles. The number of hydrazone groups is 2. The van der Waals surface area contributed by atoms with Crippen molar-refractivity contribution in [3.63, 3.8) is 0 Å². The van der Waals surface area contributed by atoms with Gasteiger partial charge in [0.25, 0.3) is 34.6 Å². The maximum Gasteiger partial charge on any atom is 0.277 e. The zero-order valence-electron chi connectivity index (χ0n) is 19.7. The predicted octanol–water partition coefficient (Wildman–Crippen LogP) is 2.85. The monoisotopic (exact) mass is 550 g/mol. The van der Waals surface area contributed by atoms with Gasteiger partial charge in [0.05, 0.1) is 55.4 Å². The van der Waals surface area contributed by atoms with Crippen molar-refractivity contribution in [2.45, 2.75) is 0 Å². The Morgan fingerprint density at radius 3 is 1.20 bits per heavy atom. The standard InChI is InChI=1S/C22H14N8O10/c31-21(15-5-17(27(33)34)9-18(6-15)28(35)36)25-23-11-13-2-1-3-14(4-13)12-24-26-22(32)16-7-19(29(37)38)10-20(8-16)30(39)40/h1-12H,(H,25,31)(H,26,32)/b23-11+,24-12+. The number of rotatable bonds is 10. The molecule has 0 atom stereocenters. The van der Waals surface area contributed by atoms with E-state index in [1.807, 2.05) is 0 Å². The third-order valence-electron chi connectivity index (χ3n) is 4.84. The Balaban J connectivity index is 1.67. The van der Waals surface area contributed by atoms with Crippen molar-refractivity contribution in [1.82, 2.24) is 10.9 Å². The van der Waals surface area contributed by atoms with E-state index >= 15 is 0 Å². The van der Waals surface area contributed by atoms with E-state index in [2.05, 4.69) is 21.1 Å². The molecule has 2 N–H and O–H groups in total. The average Bonchev–Trinajstić information content (AvgIpc) is 2.92. The SMILES string of the molecule is O=C(N/N=C/c1cccc(/C=N/NC(=O)c2cc([N+](=O)[O-])cc([N+](=O)[O-])c2)c1)c1cc([N+](=O)[O-])cc([N+](=O)[O-])c1. The molecule has 0 aromatic heterocycles. The lowest BCUT2D eigenvalue weighted by Crippen LogP contribution is -2.18. The molecule has 0 saturated heterocycles. The number of carbonyl (C=O) groups excluding carboxylic acids is 2. The lowest BCUT2D eigenvalue weighted by Gasteiger charge is -2.02. The summed E-state index contributed by atoms with van der Waals surface area (Å²) in [6.45, 7) is 0. The Labute approximate surface area is 221 Å². The summed E-state index contributed by atoms with van der Waals surface area (Å²) < 4.78 is 0. The quantitative estimate of drug-likeness (QED) is 0.212. The number of amides is 2. The fourth-order valence-electron chi connectivity index (χ4n) is 3.05. The number of benzene rings is 3. The molecule has 0 fully saturated rings. The van der Waals surface area contributed by atoms with Crippen LogP contribution in [0.2, 0.25) is 0 Å². The van der Waals surface area contributed by atoms with Crippen molar-refractivity contribution in [3.8, 4) is 0 Å². The zero-order chi connectivity index (χ0) is 29.4. The van der Waals surface area contributed by atoms with E-state index in [1.54, 1.807) is 18.2 Å². The van der Waals surface area contributed by atoms with Gasteiger partial charge in [0.15, 0.2) is 0 Å². The van der Waals surface area contributed by atoms with Crippen molar-refractivity contribution >= 4 is 47.0 Å². The van der Waals surface area contributed by atoms with Crippen LogP contribution in [-0.4, -0.2) is 43.9 Å². The molecule has 3 aromatic rings. The van der Waals surface area contributed by atoms with Gasteiger partial charge in [-0.15, -0.1) is 0 Å². The smallest absolute Gasteiger partial charge is 0.267 e. The molecular weight excluding hydrogens is 536 g/mol. The molecule has 0 saturated carbocycles. The molecule has 2 amide bonds. The second-order valence-electron chi connectivity index (χ2n) is 7.57. The third kappa shape index (κ3) is 7.29. The molecule has 0 heterocycles. The molecule has 3 aromatic carbocycles. The van der Waals surface area contributed by atoms with Crippen molar-refractivity contribution in [2.24, 2.45) is 10.2 Å². The minimum Gasteiger partial charge on any atom is -0.267 e. The van der Waals surface area contributed by atoms with Crippen molar-refractivity contribution in [3.05, 3.63) is 123 Å². The van der Waals surface area contributed by atoms with Crippen molar-refractivity contribution < 1.29 is 29.3 Å². The first-order valence-corrected chi connectivity index (χ1v) is 10.6. The van der Waals surface area contributed by atoms with Gasteiger partial charge in [0.1, 0.15) is 0 Å². The Kier molecular flexibility index (Phi) is 8.57. The minimum absolute atomic E-state index is 0.358. The minimum atomic E-state index is -0.940. The van der Waals surface area contributed by atoms with Crippen LogP contribution >= 0.6 is 0 Å². The van der Waals surface area contributed by atoms with Crippen LogP contribution in [0.1, 0.15) is 31.8 Å². The zero-order valence-corrected chi connectivity index (χ0v) is 19.7. The summed E-state index contributed by atoms with van der Waals surface area (Å²) >= 11 is 0. The van der Waals surface area contributed by atoms with Crippen LogP contribution in [0.5, 0.6) is 0 Å². The lowest BCUT2D eigenvalue weighted by atomic mass is 10.1. The lowest BCUT2D eigenvalue weighted by molar-refractivity contribution is -0.394. The number of nitro benzene ring substituents is 4. The highest BCUT2D eigenvalue weighted by Gasteiger charge is 2.21. The summed E-state index contributed by atoms with van der Waals surface area (Å²) in [4.78, 5) is 65.0. The topological polar surface area (TPSA) is 255 Å². The number of nitro groups is 4. The molecule has 18 nitrogen and oxygen atoms in total. The van der Waals surface area contributed by atoms with E-state index in [4.69, 9.17) is 0 Å². The first-order chi connectivity index (χ1) is 18.9. The van der Waals surface area contributed by atoms with Crippen LogP contribution in [0.4, 0.5) is 22.7 Å². The van der Waals surface area contributed by atoms with Crippen LogP contribution in [0, 0.1) is 40.5 Å². The van der Waals surface area contributed by atoms with Crippen LogP contribution in [0.25, 0.3) is 0 Å². The number of non-ortho nitro benzene ring substituents is 4. The molecule has 0 unspecified atom stereocenters. The van der Waals surface area contributed by atoms with Gasteiger partial charge in [0.2, 0.25) is 0 Å². The molecule has 0 aliphatic rings. The maximum atomic E-state index is 12.3. The average molecular weight is 550 g/mol. The van der Waals surface area contributed by atoms with Crippen LogP contribution in [0.3, 0.4) is 0 Å². The van der Waals surface area contributed by atoms with Crippen LogP contribution < -0.4 is 10.9 Å². The second-order valence-corrected chi connectivity index (χ2v) is 7.57. The number of nitrogens with one attached hydrogen (secondary N) is 2. The van der Waals surface area contributed by atoms with Gasteiger partial charge in [-0.1, -0.05) is 18.2 Å². The molecule has 0 spiro atoms. The fourth-order valence-corrected chi connectivity index (χ4v) is 3.05.